The van der Waals surface area contributed by atoms with E-state index in [1.807, 2.05) is 11.3 Å². The lowest BCUT2D eigenvalue weighted by Crippen LogP contribution is -1.92. The molecular formula is C7H9BrS. The molecule has 1 aromatic rings. The Bertz CT molecular complexity index is 155. The van der Waals surface area contributed by atoms with Crippen LogP contribution in [-0.2, 0) is 6.42 Å². The van der Waals surface area contributed by atoms with E-state index in [9.17, 15) is 0 Å². The Morgan fingerprint density at radius 2 is 2.56 bits per heavy atom. The lowest BCUT2D eigenvalue weighted by molar-refractivity contribution is 0.980. The van der Waals surface area contributed by atoms with Gasteiger partial charge in [-0.3, -0.25) is 0 Å². The van der Waals surface area contributed by atoms with Crippen LogP contribution in [0, 0.1) is 0 Å². The summed E-state index contributed by atoms with van der Waals surface area (Å²) in [5.74, 6) is 0. The van der Waals surface area contributed by atoms with Gasteiger partial charge in [0.05, 0.1) is 0 Å². The number of hydrogen-bond acceptors (Lipinski definition) is 1. The fraction of sp³-hybridized carbons (Fsp3) is 0.429. The van der Waals surface area contributed by atoms with E-state index in [2.05, 4.69) is 40.4 Å². The van der Waals surface area contributed by atoms with Crippen molar-refractivity contribution in [3.8, 4) is 0 Å². The number of alkyl halides is 1. The molecule has 0 amide bonds. The average Bonchev–Trinajstić information content (AvgIpc) is 2.15. The van der Waals surface area contributed by atoms with Gasteiger partial charge in [-0.05, 0) is 17.9 Å². The van der Waals surface area contributed by atoms with Gasteiger partial charge in [0.25, 0.3) is 0 Å². The zero-order valence-electron chi connectivity index (χ0n) is 5.30. The lowest BCUT2D eigenvalue weighted by Gasteiger charge is -1.96. The second-order valence-corrected chi connectivity index (χ2v) is 4.66. The van der Waals surface area contributed by atoms with Crippen molar-refractivity contribution < 1.29 is 0 Å². The Morgan fingerprint density at radius 1 is 1.78 bits per heavy atom. The molecule has 0 bridgehead atoms. The van der Waals surface area contributed by atoms with Crippen LogP contribution >= 0.6 is 27.3 Å². The summed E-state index contributed by atoms with van der Waals surface area (Å²) in [7, 11) is 0. The minimum absolute atomic E-state index is 0.608. The monoisotopic (exact) mass is 204 g/mol. The summed E-state index contributed by atoms with van der Waals surface area (Å²) in [6, 6.07) is 4.26. The normalized spacial score (nSPS) is 13.6. The molecular weight excluding hydrogens is 196 g/mol. The first kappa shape index (κ1) is 7.29. The third kappa shape index (κ3) is 2.50. The first-order chi connectivity index (χ1) is 4.29. The Balaban J connectivity index is 2.48. The summed E-state index contributed by atoms with van der Waals surface area (Å²) in [5.41, 5.74) is 0. The number of halogens is 1. The smallest absolute Gasteiger partial charge is 0.0165 e. The molecule has 0 nitrogen and oxygen atoms in total. The molecule has 0 fully saturated rings. The van der Waals surface area contributed by atoms with Crippen molar-refractivity contribution in [1.82, 2.24) is 0 Å². The van der Waals surface area contributed by atoms with Crippen LogP contribution in [0.2, 0.25) is 0 Å². The van der Waals surface area contributed by atoms with Gasteiger partial charge in [0, 0.05) is 9.70 Å². The summed E-state index contributed by atoms with van der Waals surface area (Å²) in [5, 5.41) is 2.12. The number of thiophene rings is 1. The maximum absolute atomic E-state index is 3.50. The van der Waals surface area contributed by atoms with Gasteiger partial charge in [0.1, 0.15) is 0 Å². The van der Waals surface area contributed by atoms with Crippen LogP contribution in [0.25, 0.3) is 0 Å². The highest BCUT2D eigenvalue weighted by Gasteiger charge is 1.97. The molecule has 0 aliphatic carbocycles. The Kier molecular flexibility index (Phi) is 2.73. The van der Waals surface area contributed by atoms with Gasteiger partial charge in [-0.15, -0.1) is 11.3 Å². The Morgan fingerprint density at radius 3 is 3.00 bits per heavy atom. The summed E-state index contributed by atoms with van der Waals surface area (Å²) in [6.45, 7) is 2.17. The predicted octanol–water partition coefficient (Wildman–Crippen LogP) is 3.07. The molecule has 9 heavy (non-hydrogen) atoms. The molecule has 0 aromatic carbocycles. The van der Waals surface area contributed by atoms with E-state index in [1.165, 1.54) is 4.88 Å². The molecule has 0 aliphatic rings. The van der Waals surface area contributed by atoms with Crippen LogP contribution in [0.4, 0.5) is 0 Å². The van der Waals surface area contributed by atoms with E-state index in [0.29, 0.717) is 4.83 Å². The van der Waals surface area contributed by atoms with Crippen LogP contribution in [0.15, 0.2) is 17.5 Å². The maximum Gasteiger partial charge on any atom is 0.0165 e. The van der Waals surface area contributed by atoms with Crippen molar-refractivity contribution in [2.24, 2.45) is 0 Å². The van der Waals surface area contributed by atoms with Crippen LogP contribution in [-0.4, -0.2) is 4.83 Å². The molecule has 0 radical (unpaired) electrons. The third-order valence-corrected chi connectivity index (χ3v) is 2.29. The topological polar surface area (TPSA) is 0 Å². The molecule has 1 unspecified atom stereocenters. The molecule has 0 saturated heterocycles. The average molecular weight is 205 g/mol. The molecule has 1 heterocycles. The highest BCUT2D eigenvalue weighted by atomic mass is 79.9. The first-order valence-corrected chi connectivity index (χ1v) is 4.75. The number of hydrogen-bond donors (Lipinski definition) is 0. The van der Waals surface area contributed by atoms with Gasteiger partial charge in [-0.25, -0.2) is 0 Å². The van der Waals surface area contributed by atoms with Crippen molar-refractivity contribution in [3.63, 3.8) is 0 Å². The molecule has 1 rings (SSSR count). The molecule has 1 aromatic heterocycles. The summed E-state index contributed by atoms with van der Waals surface area (Å²) in [4.78, 5) is 2.07. The van der Waals surface area contributed by atoms with Crippen LogP contribution in [0.5, 0.6) is 0 Å². The van der Waals surface area contributed by atoms with E-state index < -0.39 is 0 Å². The minimum Gasteiger partial charge on any atom is -0.149 e. The lowest BCUT2D eigenvalue weighted by atomic mass is 10.3. The molecule has 1 atom stereocenters. The van der Waals surface area contributed by atoms with Crippen LogP contribution < -0.4 is 0 Å². The van der Waals surface area contributed by atoms with E-state index >= 15 is 0 Å². The van der Waals surface area contributed by atoms with Gasteiger partial charge < -0.3 is 0 Å². The quantitative estimate of drug-likeness (QED) is 0.651. The summed E-state index contributed by atoms with van der Waals surface area (Å²) >= 11 is 5.32. The Hall–Kier alpha value is 0.180. The van der Waals surface area contributed by atoms with Crippen molar-refractivity contribution in [2.45, 2.75) is 18.2 Å². The first-order valence-electron chi connectivity index (χ1n) is 2.95. The zero-order chi connectivity index (χ0) is 6.69. The highest BCUT2D eigenvalue weighted by molar-refractivity contribution is 9.09. The van der Waals surface area contributed by atoms with Crippen molar-refractivity contribution in [2.75, 3.05) is 0 Å². The molecule has 2 heteroatoms. The van der Waals surface area contributed by atoms with Gasteiger partial charge in [-0.2, -0.15) is 0 Å². The molecule has 0 saturated carbocycles. The van der Waals surface area contributed by atoms with Crippen LogP contribution in [0.3, 0.4) is 0 Å². The van der Waals surface area contributed by atoms with Crippen molar-refractivity contribution in [1.29, 1.82) is 0 Å². The van der Waals surface area contributed by atoms with Gasteiger partial charge in [-0.1, -0.05) is 28.9 Å². The summed E-state index contributed by atoms with van der Waals surface area (Å²) < 4.78 is 0. The van der Waals surface area contributed by atoms with E-state index in [4.69, 9.17) is 0 Å². The third-order valence-electron chi connectivity index (χ3n) is 1.06. The molecule has 0 aliphatic heterocycles. The molecule has 0 N–H and O–H groups in total. The largest absolute Gasteiger partial charge is 0.149 e. The van der Waals surface area contributed by atoms with Crippen LogP contribution in [0.1, 0.15) is 11.8 Å². The SMILES string of the molecule is CC(Br)Cc1cccs1. The van der Waals surface area contributed by atoms with Crippen molar-refractivity contribution in [3.05, 3.63) is 22.4 Å². The van der Waals surface area contributed by atoms with E-state index in [-0.39, 0.29) is 0 Å². The Labute approximate surface area is 68.0 Å². The highest BCUT2D eigenvalue weighted by Crippen LogP contribution is 2.14. The predicted molar refractivity (Wildman–Crippen MR) is 46.4 cm³/mol. The second kappa shape index (κ2) is 3.37. The van der Waals surface area contributed by atoms with Gasteiger partial charge >= 0.3 is 0 Å². The fourth-order valence-corrected chi connectivity index (χ4v) is 2.10. The van der Waals surface area contributed by atoms with Crippen molar-refractivity contribution >= 4 is 27.3 Å². The van der Waals surface area contributed by atoms with Gasteiger partial charge in [0.2, 0.25) is 0 Å². The molecule has 0 spiro atoms. The van der Waals surface area contributed by atoms with E-state index in [1.54, 1.807) is 0 Å². The van der Waals surface area contributed by atoms with E-state index in [0.717, 1.165) is 6.42 Å². The summed E-state index contributed by atoms with van der Waals surface area (Å²) in [6.07, 6.45) is 1.15. The zero-order valence-corrected chi connectivity index (χ0v) is 7.71. The second-order valence-electron chi connectivity index (χ2n) is 2.06. The van der Waals surface area contributed by atoms with Gasteiger partial charge in [0.15, 0.2) is 0 Å². The standard InChI is InChI=1S/C7H9BrS/c1-6(8)5-7-3-2-4-9-7/h2-4,6H,5H2,1H3. The number of rotatable bonds is 2. The minimum atomic E-state index is 0.608. The maximum atomic E-state index is 3.50. The molecule has 50 valence electrons. The fourth-order valence-electron chi connectivity index (χ4n) is 0.706.